The Kier molecular flexibility index (Phi) is 3.20. The number of hydrogen-bond donors (Lipinski definition) is 1. The van der Waals surface area contributed by atoms with Gasteiger partial charge in [0.05, 0.1) is 0 Å². The minimum atomic E-state index is -0.0573. The van der Waals surface area contributed by atoms with Crippen LogP contribution in [0.1, 0.15) is 50.5 Å². The van der Waals surface area contributed by atoms with Crippen molar-refractivity contribution in [2.75, 3.05) is 0 Å². The smallest absolute Gasteiger partial charge is 0.270 e. The second-order valence-corrected chi connectivity index (χ2v) is 7.98. The average molecular weight is 337 g/mol. The van der Waals surface area contributed by atoms with Gasteiger partial charge in [-0.2, -0.15) is 0 Å². The first-order valence-corrected chi connectivity index (χ1v) is 8.06. The largest absolute Gasteiger partial charge is 0.347 e. The third kappa shape index (κ3) is 2.09. The van der Waals surface area contributed by atoms with E-state index in [2.05, 4.69) is 47.0 Å². The molecule has 2 saturated carbocycles. The Balaban J connectivity index is 1.82. The summed E-state index contributed by atoms with van der Waals surface area (Å²) in [6.07, 6.45) is 3.75. The number of fused-ring (bicyclic) bond motifs is 2. The highest BCUT2D eigenvalue weighted by atomic mass is 79.9. The maximum Gasteiger partial charge on any atom is 0.270 e. The molecule has 1 aromatic rings. The number of nitrogens with one attached hydrogen (secondary N) is 1. The summed E-state index contributed by atoms with van der Waals surface area (Å²) >= 11 is 3.32. The molecule has 3 rings (SSSR count). The van der Waals surface area contributed by atoms with E-state index in [4.69, 9.17) is 0 Å². The number of rotatable bonds is 2. The summed E-state index contributed by atoms with van der Waals surface area (Å²) in [6.45, 7) is 6.91. The molecular weight excluding hydrogens is 316 g/mol. The topological polar surface area (TPSA) is 42.0 Å². The zero-order valence-corrected chi connectivity index (χ0v) is 13.8. The molecule has 4 heteroatoms. The van der Waals surface area contributed by atoms with Gasteiger partial charge >= 0.3 is 0 Å². The van der Waals surface area contributed by atoms with E-state index in [-0.39, 0.29) is 22.8 Å². The first kappa shape index (κ1) is 14.1. The van der Waals surface area contributed by atoms with Crippen LogP contribution in [-0.2, 0) is 0 Å². The molecule has 2 aliphatic rings. The molecule has 0 aliphatic heterocycles. The van der Waals surface area contributed by atoms with Crippen molar-refractivity contribution in [2.45, 2.75) is 46.1 Å². The molecule has 20 heavy (non-hydrogen) atoms. The normalized spacial score (nSPS) is 34.2. The van der Waals surface area contributed by atoms with Crippen LogP contribution in [0.5, 0.6) is 0 Å². The molecule has 108 valence electrons. The van der Waals surface area contributed by atoms with E-state index < -0.39 is 0 Å². The van der Waals surface area contributed by atoms with Crippen LogP contribution in [0.25, 0.3) is 0 Å². The summed E-state index contributed by atoms with van der Waals surface area (Å²) < 4.78 is 0.698. The number of aromatic nitrogens is 1. The van der Waals surface area contributed by atoms with Gasteiger partial charge in [-0.25, -0.2) is 4.98 Å². The van der Waals surface area contributed by atoms with Crippen LogP contribution in [0.3, 0.4) is 0 Å². The molecule has 0 aromatic carbocycles. The number of carbonyl (C=O) groups excluding carboxylic acids is 1. The second-order valence-electron chi connectivity index (χ2n) is 7.17. The van der Waals surface area contributed by atoms with Crippen molar-refractivity contribution < 1.29 is 4.79 Å². The summed E-state index contributed by atoms with van der Waals surface area (Å²) in [7, 11) is 0. The summed E-state index contributed by atoms with van der Waals surface area (Å²) in [5, 5.41) is 3.26. The molecule has 3 atom stereocenters. The van der Waals surface area contributed by atoms with E-state index >= 15 is 0 Å². The molecule has 1 heterocycles. The SMILES string of the molecule is CC12CCC(C1)C(C)(C)C2NC(=O)c1cccc(Br)n1. The van der Waals surface area contributed by atoms with Crippen molar-refractivity contribution in [3.05, 3.63) is 28.5 Å². The van der Waals surface area contributed by atoms with E-state index in [9.17, 15) is 4.79 Å². The predicted molar refractivity (Wildman–Crippen MR) is 82.4 cm³/mol. The molecule has 0 spiro atoms. The fraction of sp³-hybridized carbons (Fsp3) is 0.625. The zero-order chi connectivity index (χ0) is 14.5. The molecule has 1 aromatic heterocycles. The van der Waals surface area contributed by atoms with Gasteiger partial charge in [-0.15, -0.1) is 0 Å². The van der Waals surface area contributed by atoms with Gasteiger partial charge in [0.2, 0.25) is 0 Å². The number of pyridine rings is 1. The predicted octanol–water partition coefficient (Wildman–Crippen LogP) is 3.79. The lowest BCUT2D eigenvalue weighted by molar-refractivity contribution is 0.0733. The van der Waals surface area contributed by atoms with Gasteiger partial charge in [-0.05, 0) is 64.1 Å². The minimum absolute atomic E-state index is 0.0573. The highest BCUT2D eigenvalue weighted by Crippen LogP contribution is 2.62. The van der Waals surface area contributed by atoms with Crippen molar-refractivity contribution in [1.29, 1.82) is 0 Å². The highest BCUT2D eigenvalue weighted by Gasteiger charge is 2.59. The monoisotopic (exact) mass is 336 g/mol. The molecule has 1 amide bonds. The lowest BCUT2D eigenvalue weighted by Crippen LogP contribution is -2.52. The van der Waals surface area contributed by atoms with E-state index in [1.54, 1.807) is 6.07 Å². The average Bonchev–Trinajstić information content (AvgIpc) is 2.85. The Hall–Kier alpha value is -0.900. The number of hydrogen-bond acceptors (Lipinski definition) is 2. The quantitative estimate of drug-likeness (QED) is 0.835. The summed E-state index contributed by atoms with van der Waals surface area (Å²) in [4.78, 5) is 16.7. The second kappa shape index (κ2) is 4.55. The number of halogens is 1. The Bertz CT molecular complexity index is 552. The Labute approximate surface area is 128 Å². The number of amides is 1. The van der Waals surface area contributed by atoms with Gasteiger partial charge in [0.1, 0.15) is 10.3 Å². The van der Waals surface area contributed by atoms with Crippen LogP contribution < -0.4 is 5.32 Å². The first-order chi connectivity index (χ1) is 9.33. The van der Waals surface area contributed by atoms with Crippen LogP contribution in [-0.4, -0.2) is 16.9 Å². The first-order valence-electron chi connectivity index (χ1n) is 7.26. The summed E-state index contributed by atoms with van der Waals surface area (Å²) in [6, 6.07) is 5.68. The van der Waals surface area contributed by atoms with E-state index in [1.165, 1.54) is 19.3 Å². The van der Waals surface area contributed by atoms with Crippen molar-refractivity contribution >= 4 is 21.8 Å². The maximum atomic E-state index is 12.5. The van der Waals surface area contributed by atoms with Crippen molar-refractivity contribution in [3.63, 3.8) is 0 Å². The maximum absolute atomic E-state index is 12.5. The molecular formula is C16H21BrN2O. The molecule has 2 aliphatic carbocycles. The number of nitrogens with zero attached hydrogens (tertiary/aromatic N) is 1. The fourth-order valence-electron chi connectivity index (χ4n) is 4.40. The fourth-order valence-corrected chi connectivity index (χ4v) is 4.75. The summed E-state index contributed by atoms with van der Waals surface area (Å²) in [5.74, 6) is 0.673. The molecule has 1 N–H and O–H groups in total. The van der Waals surface area contributed by atoms with E-state index in [0.29, 0.717) is 10.3 Å². The van der Waals surface area contributed by atoms with E-state index in [0.717, 1.165) is 5.92 Å². The van der Waals surface area contributed by atoms with Crippen LogP contribution in [0.4, 0.5) is 0 Å². The van der Waals surface area contributed by atoms with Gasteiger partial charge in [0.15, 0.2) is 0 Å². The minimum Gasteiger partial charge on any atom is -0.347 e. The number of carbonyl (C=O) groups is 1. The standard InChI is InChI=1S/C16H21BrN2O/c1-15(2)10-7-8-16(3,9-10)14(15)19-13(20)11-5-4-6-12(17)18-11/h4-6,10,14H,7-9H2,1-3H3,(H,19,20). The molecule has 0 saturated heterocycles. The third-order valence-electron chi connectivity index (χ3n) is 5.49. The van der Waals surface area contributed by atoms with E-state index in [1.807, 2.05) is 12.1 Å². The lowest BCUT2D eigenvalue weighted by atomic mass is 9.68. The van der Waals surface area contributed by atoms with Gasteiger partial charge < -0.3 is 5.32 Å². The van der Waals surface area contributed by atoms with Crippen molar-refractivity contribution in [3.8, 4) is 0 Å². The van der Waals surface area contributed by atoms with Gasteiger partial charge in [-0.3, -0.25) is 4.79 Å². The van der Waals surface area contributed by atoms with Crippen molar-refractivity contribution in [1.82, 2.24) is 10.3 Å². The Morgan fingerprint density at radius 2 is 2.15 bits per heavy atom. The molecule has 3 unspecified atom stereocenters. The van der Waals surface area contributed by atoms with Crippen LogP contribution in [0.15, 0.2) is 22.8 Å². The van der Waals surface area contributed by atoms with Crippen LogP contribution in [0.2, 0.25) is 0 Å². The molecule has 2 fully saturated rings. The third-order valence-corrected chi connectivity index (χ3v) is 5.93. The van der Waals surface area contributed by atoms with Crippen LogP contribution >= 0.6 is 15.9 Å². The van der Waals surface area contributed by atoms with Crippen molar-refractivity contribution in [2.24, 2.45) is 16.7 Å². The van der Waals surface area contributed by atoms with Gasteiger partial charge in [0, 0.05) is 6.04 Å². The lowest BCUT2D eigenvalue weighted by Gasteiger charge is -2.43. The molecule has 3 nitrogen and oxygen atoms in total. The molecule has 0 radical (unpaired) electrons. The van der Waals surface area contributed by atoms with Gasteiger partial charge in [-0.1, -0.05) is 26.8 Å². The van der Waals surface area contributed by atoms with Crippen LogP contribution in [0, 0.1) is 16.7 Å². The Morgan fingerprint density at radius 1 is 1.40 bits per heavy atom. The molecule has 2 bridgehead atoms. The highest BCUT2D eigenvalue weighted by molar-refractivity contribution is 9.10. The summed E-state index contributed by atoms with van der Waals surface area (Å²) in [5.41, 5.74) is 0.909. The Morgan fingerprint density at radius 3 is 2.75 bits per heavy atom. The zero-order valence-electron chi connectivity index (χ0n) is 12.2. The van der Waals surface area contributed by atoms with Gasteiger partial charge in [0.25, 0.3) is 5.91 Å².